The molecule has 0 amide bonds. The highest BCUT2D eigenvalue weighted by Gasteiger charge is 2.44. The smallest absolute Gasteiger partial charge is 0.130 e. The first-order valence-corrected chi connectivity index (χ1v) is 7.87. The Morgan fingerprint density at radius 2 is 1.90 bits per heavy atom. The average molecular weight is 296 g/mol. The fourth-order valence-electron chi connectivity index (χ4n) is 3.60. The van der Waals surface area contributed by atoms with Crippen molar-refractivity contribution in [2.75, 3.05) is 20.6 Å². The molecule has 4 heteroatoms. The van der Waals surface area contributed by atoms with Crippen molar-refractivity contribution in [1.29, 1.82) is 0 Å². The van der Waals surface area contributed by atoms with Crippen LogP contribution in [0.1, 0.15) is 50.6 Å². The van der Waals surface area contributed by atoms with E-state index in [1.165, 1.54) is 6.07 Å². The van der Waals surface area contributed by atoms with Crippen molar-refractivity contribution in [3.63, 3.8) is 0 Å². The van der Waals surface area contributed by atoms with Gasteiger partial charge in [0.05, 0.1) is 6.04 Å². The molecule has 1 unspecified atom stereocenters. The molecule has 0 aliphatic heterocycles. The van der Waals surface area contributed by atoms with Gasteiger partial charge in [-0.1, -0.05) is 25.8 Å². The number of hydrogen-bond acceptors (Lipinski definition) is 2. The molecule has 0 spiro atoms. The molecule has 1 atom stereocenters. The number of hydrogen-bond donors (Lipinski definition) is 1. The minimum Gasteiger partial charge on any atom is -0.308 e. The molecule has 1 saturated carbocycles. The molecule has 0 aromatic heterocycles. The van der Waals surface area contributed by atoms with Gasteiger partial charge in [-0.3, -0.25) is 0 Å². The number of benzene rings is 1. The third-order valence-corrected chi connectivity index (χ3v) is 4.77. The van der Waals surface area contributed by atoms with E-state index in [9.17, 15) is 8.78 Å². The van der Waals surface area contributed by atoms with Crippen LogP contribution in [0.15, 0.2) is 18.2 Å². The first kappa shape index (κ1) is 16.4. The number of nitrogens with one attached hydrogen (secondary N) is 1. The SMILES string of the molecule is CCCNC(c1ccc(F)cc1F)C1(N(C)C)CCCC1. The summed E-state index contributed by atoms with van der Waals surface area (Å²) in [5, 5.41) is 3.51. The van der Waals surface area contributed by atoms with Crippen LogP contribution in [0.4, 0.5) is 8.78 Å². The quantitative estimate of drug-likeness (QED) is 0.857. The van der Waals surface area contributed by atoms with Gasteiger partial charge in [0.25, 0.3) is 0 Å². The molecule has 1 aliphatic rings. The number of likely N-dealkylation sites (N-methyl/N-ethyl adjacent to an activating group) is 1. The first-order chi connectivity index (χ1) is 10.0. The largest absolute Gasteiger partial charge is 0.308 e. The van der Waals surface area contributed by atoms with Gasteiger partial charge in [-0.05, 0) is 46.0 Å². The summed E-state index contributed by atoms with van der Waals surface area (Å²) in [6.45, 7) is 2.93. The maximum Gasteiger partial charge on any atom is 0.130 e. The summed E-state index contributed by atoms with van der Waals surface area (Å²) in [5.74, 6) is -0.965. The highest BCUT2D eigenvalue weighted by molar-refractivity contribution is 5.27. The lowest BCUT2D eigenvalue weighted by molar-refractivity contribution is 0.103. The molecule has 1 N–H and O–H groups in total. The van der Waals surface area contributed by atoms with Crippen LogP contribution < -0.4 is 5.32 Å². The predicted molar refractivity (Wildman–Crippen MR) is 82.3 cm³/mol. The van der Waals surface area contributed by atoms with Crippen LogP contribution in [0.5, 0.6) is 0 Å². The topological polar surface area (TPSA) is 15.3 Å². The Bertz CT molecular complexity index is 468. The second-order valence-electron chi connectivity index (χ2n) is 6.26. The highest BCUT2D eigenvalue weighted by atomic mass is 19.1. The summed E-state index contributed by atoms with van der Waals surface area (Å²) in [5.41, 5.74) is 0.494. The molecule has 0 bridgehead atoms. The van der Waals surface area contributed by atoms with E-state index >= 15 is 0 Å². The second kappa shape index (κ2) is 6.84. The molecule has 0 radical (unpaired) electrons. The van der Waals surface area contributed by atoms with E-state index in [2.05, 4.69) is 31.2 Å². The molecule has 0 saturated heterocycles. The van der Waals surface area contributed by atoms with Crippen molar-refractivity contribution in [1.82, 2.24) is 10.2 Å². The Morgan fingerprint density at radius 1 is 1.24 bits per heavy atom. The minimum absolute atomic E-state index is 0.0894. The Balaban J connectivity index is 2.41. The summed E-state index contributed by atoms with van der Waals surface area (Å²) >= 11 is 0. The average Bonchev–Trinajstić information content (AvgIpc) is 2.92. The molecule has 2 nitrogen and oxygen atoms in total. The van der Waals surface area contributed by atoms with Crippen molar-refractivity contribution >= 4 is 0 Å². The van der Waals surface area contributed by atoms with Crippen LogP contribution in [0, 0.1) is 11.6 Å². The van der Waals surface area contributed by atoms with Crippen molar-refractivity contribution in [3.05, 3.63) is 35.4 Å². The summed E-state index contributed by atoms with van der Waals surface area (Å²) in [4.78, 5) is 2.22. The van der Waals surface area contributed by atoms with Gasteiger partial charge in [0, 0.05) is 17.2 Å². The summed E-state index contributed by atoms with van der Waals surface area (Å²) in [7, 11) is 4.13. The van der Waals surface area contributed by atoms with Crippen molar-refractivity contribution in [2.45, 2.75) is 50.6 Å². The molecule has 2 rings (SSSR count). The van der Waals surface area contributed by atoms with E-state index in [4.69, 9.17) is 0 Å². The zero-order chi connectivity index (χ0) is 15.5. The predicted octanol–water partition coefficient (Wildman–Crippen LogP) is 3.88. The van der Waals surface area contributed by atoms with Gasteiger partial charge in [0.1, 0.15) is 11.6 Å². The summed E-state index contributed by atoms with van der Waals surface area (Å²) < 4.78 is 27.5. The van der Waals surface area contributed by atoms with E-state index in [-0.39, 0.29) is 11.6 Å². The third kappa shape index (κ3) is 3.27. The number of nitrogens with zero attached hydrogens (tertiary/aromatic N) is 1. The number of rotatable bonds is 6. The monoisotopic (exact) mass is 296 g/mol. The third-order valence-electron chi connectivity index (χ3n) is 4.77. The fourth-order valence-corrected chi connectivity index (χ4v) is 3.60. The maximum absolute atomic E-state index is 14.3. The molecule has 1 aliphatic carbocycles. The van der Waals surface area contributed by atoms with Crippen molar-refractivity contribution in [2.24, 2.45) is 0 Å². The molecule has 1 fully saturated rings. The van der Waals surface area contributed by atoms with Gasteiger partial charge in [-0.15, -0.1) is 0 Å². The Morgan fingerprint density at radius 3 is 2.43 bits per heavy atom. The lowest BCUT2D eigenvalue weighted by atomic mass is 9.82. The van der Waals surface area contributed by atoms with E-state index in [1.54, 1.807) is 6.07 Å². The second-order valence-corrected chi connectivity index (χ2v) is 6.26. The van der Waals surface area contributed by atoms with E-state index in [0.717, 1.165) is 44.7 Å². The van der Waals surface area contributed by atoms with Gasteiger partial charge >= 0.3 is 0 Å². The van der Waals surface area contributed by atoms with Crippen LogP contribution >= 0.6 is 0 Å². The van der Waals surface area contributed by atoms with Gasteiger partial charge in [-0.2, -0.15) is 0 Å². The first-order valence-electron chi connectivity index (χ1n) is 7.87. The van der Waals surface area contributed by atoms with Gasteiger partial charge in [-0.25, -0.2) is 8.78 Å². The fraction of sp³-hybridized carbons (Fsp3) is 0.647. The highest BCUT2D eigenvalue weighted by Crippen LogP contribution is 2.44. The van der Waals surface area contributed by atoms with Crippen LogP contribution in [0.2, 0.25) is 0 Å². The lowest BCUT2D eigenvalue weighted by Gasteiger charge is -2.44. The molecule has 21 heavy (non-hydrogen) atoms. The van der Waals surface area contributed by atoms with Crippen molar-refractivity contribution in [3.8, 4) is 0 Å². The zero-order valence-corrected chi connectivity index (χ0v) is 13.3. The van der Waals surface area contributed by atoms with Crippen LogP contribution in [-0.2, 0) is 0 Å². The molecule has 118 valence electrons. The molecular weight excluding hydrogens is 270 g/mol. The lowest BCUT2D eigenvalue weighted by Crippen LogP contribution is -2.52. The Kier molecular flexibility index (Phi) is 5.33. The molecule has 0 heterocycles. The minimum atomic E-state index is -0.518. The van der Waals surface area contributed by atoms with E-state index < -0.39 is 11.6 Å². The van der Waals surface area contributed by atoms with Gasteiger partial charge in [0.15, 0.2) is 0 Å². The van der Waals surface area contributed by atoms with E-state index in [0.29, 0.717) is 5.56 Å². The molecule has 1 aromatic rings. The van der Waals surface area contributed by atoms with Crippen LogP contribution in [0.25, 0.3) is 0 Å². The number of halogens is 2. The zero-order valence-electron chi connectivity index (χ0n) is 13.3. The van der Waals surface area contributed by atoms with Gasteiger partial charge in [0.2, 0.25) is 0 Å². The van der Waals surface area contributed by atoms with Crippen molar-refractivity contribution < 1.29 is 8.78 Å². The Labute approximate surface area is 126 Å². The molecule has 1 aromatic carbocycles. The molecular formula is C17H26F2N2. The van der Waals surface area contributed by atoms with Crippen LogP contribution in [0.3, 0.4) is 0 Å². The standard InChI is InChI=1S/C17H26F2N2/c1-4-11-20-16(14-8-7-13(18)12-15(14)19)17(21(2)3)9-5-6-10-17/h7-8,12,16,20H,4-6,9-11H2,1-3H3. The summed E-state index contributed by atoms with van der Waals surface area (Å²) in [6, 6.07) is 3.85. The summed E-state index contributed by atoms with van der Waals surface area (Å²) in [6.07, 6.45) is 5.38. The normalized spacial score (nSPS) is 19.1. The van der Waals surface area contributed by atoms with E-state index in [1.807, 2.05) is 0 Å². The Hall–Kier alpha value is -1.00. The van der Waals surface area contributed by atoms with Crippen LogP contribution in [-0.4, -0.2) is 31.1 Å². The maximum atomic E-state index is 14.3. The van der Waals surface area contributed by atoms with Gasteiger partial charge < -0.3 is 10.2 Å².